The van der Waals surface area contributed by atoms with E-state index in [-0.39, 0.29) is 5.41 Å². The molecule has 3 nitrogen and oxygen atoms in total. The molecule has 0 spiro atoms. The van der Waals surface area contributed by atoms with Gasteiger partial charge in [0, 0.05) is 5.41 Å². The van der Waals surface area contributed by atoms with Crippen molar-refractivity contribution in [2.24, 2.45) is 0 Å². The Bertz CT molecular complexity index is 513. The third kappa shape index (κ3) is 1.76. The largest absolute Gasteiger partial charge is 0.329 e. The lowest BCUT2D eigenvalue weighted by atomic mass is 9.90. The number of fused-ring (bicyclic) bond motifs is 1. The van der Waals surface area contributed by atoms with Gasteiger partial charge in [0.1, 0.15) is 17.1 Å². The van der Waals surface area contributed by atoms with Crippen LogP contribution in [0.4, 0.5) is 0 Å². The lowest BCUT2D eigenvalue weighted by molar-refractivity contribution is 0.574. The van der Waals surface area contributed by atoms with Crippen LogP contribution in [0.2, 0.25) is 5.15 Å². The Morgan fingerprint density at radius 3 is 2.60 bits per heavy atom. The molecule has 2 heterocycles. The van der Waals surface area contributed by atoms with Crippen LogP contribution in [-0.2, 0) is 5.41 Å². The van der Waals surface area contributed by atoms with E-state index in [1.54, 1.807) is 6.33 Å². The van der Waals surface area contributed by atoms with Gasteiger partial charge in [0.05, 0.1) is 15.6 Å². The summed E-state index contributed by atoms with van der Waals surface area (Å²) in [6.07, 6.45) is 1.56. The first-order valence-corrected chi connectivity index (χ1v) is 5.76. The molecule has 0 fully saturated rings. The molecule has 1 N–H and O–H groups in total. The van der Waals surface area contributed by atoms with Crippen LogP contribution in [-0.4, -0.2) is 15.0 Å². The number of rotatable bonds is 0. The lowest BCUT2D eigenvalue weighted by Crippen LogP contribution is -2.14. The molecule has 15 heavy (non-hydrogen) atoms. The van der Waals surface area contributed by atoms with E-state index in [1.807, 2.05) is 0 Å². The molecule has 2 aromatic rings. The molecule has 0 aliphatic carbocycles. The number of H-pyrrole nitrogens is 1. The number of nitrogens with one attached hydrogen (secondary N) is 1. The molecule has 0 unspecified atom stereocenters. The highest BCUT2D eigenvalue weighted by Crippen LogP contribution is 2.36. The Morgan fingerprint density at radius 1 is 1.33 bits per heavy atom. The molecule has 5 heteroatoms. The standard InChI is InChI=1S/C10H11BrClN3/c1-10(2,3)7-5-6(11)8(12)15-9(5)14-4-13-7/h4H,1-3H3,(H,13,14,15). The first-order chi connectivity index (χ1) is 6.91. The second kappa shape index (κ2) is 3.46. The quantitative estimate of drug-likeness (QED) is 0.803. The van der Waals surface area contributed by atoms with Gasteiger partial charge in [-0.3, -0.25) is 0 Å². The van der Waals surface area contributed by atoms with Crippen LogP contribution in [0, 0.1) is 0 Å². The van der Waals surface area contributed by atoms with Gasteiger partial charge >= 0.3 is 0 Å². The molecule has 0 bridgehead atoms. The highest BCUT2D eigenvalue weighted by atomic mass is 79.9. The predicted molar refractivity (Wildman–Crippen MR) is 65.3 cm³/mol. The zero-order valence-corrected chi connectivity index (χ0v) is 11.1. The van der Waals surface area contributed by atoms with E-state index in [9.17, 15) is 0 Å². The number of nitrogens with zero attached hydrogens (tertiary/aromatic N) is 2. The summed E-state index contributed by atoms with van der Waals surface area (Å²) in [5, 5.41) is 1.53. The number of aromatic nitrogens is 3. The van der Waals surface area contributed by atoms with Crippen LogP contribution >= 0.6 is 27.5 Å². The molecule has 0 saturated carbocycles. The van der Waals surface area contributed by atoms with Crippen LogP contribution in [0.15, 0.2) is 10.8 Å². The number of hydrogen-bond donors (Lipinski definition) is 1. The van der Waals surface area contributed by atoms with Gasteiger partial charge in [0.2, 0.25) is 0 Å². The van der Waals surface area contributed by atoms with Crippen molar-refractivity contribution in [2.75, 3.05) is 0 Å². The molecule has 0 amide bonds. The predicted octanol–water partition coefficient (Wildman–Crippen LogP) is 3.67. The zero-order chi connectivity index (χ0) is 11.2. The third-order valence-electron chi connectivity index (χ3n) is 2.20. The fraction of sp³-hybridized carbons (Fsp3) is 0.400. The van der Waals surface area contributed by atoms with E-state index in [0.717, 1.165) is 21.2 Å². The van der Waals surface area contributed by atoms with Gasteiger partial charge in [-0.05, 0) is 15.9 Å². The molecule has 0 saturated heterocycles. The number of aromatic amines is 1. The summed E-state index contributed by atoms with van der Waals surface area (Å²) in [6.45, 7) is 6.34. The first kappa shape index (κ1) is 10.9. The Kier molecular flexibility index (Phi) is 2.51. The summed E-state index contributed by atoms with van der Waals surface area (Å²) in [5.74, 6) is 0. The summed E-state index contributed by atoms with van der Waals surface area (Å²) in [7, 11) is 0. The number of hydrogen-bond acceptors (Lipinski definition) is 2. The first-order valence-electron chi connectivity index (χ1n) is 4.59. The van der Waals surface area contributed by atoms with Gasteiger partial charge in [-0.1, -0.05) is 32.4 Å². The van der Waals surface area contributed by atoms with E-state index in [2.05, 4.69) is 51.7 Å². The van der Waals surface area contributed by atoms with E-state index < -0.39 is 0 Å². The molecule has 80 valence electrons. The molecule has 0 atom stereocenters. The fourth-order valence-corrected chi connectivity index (χ4v) is 2.18. The fourth-order valence-electron chi connectivity index (χ4n) is 1.53. The SMILES string of the molecule is CC(C)(C)c1ncnc2[nH]c(Cl)c(Br)c12. The van der Waals surface area contributed by atoms with Crippen molar-refractivity contribution >= 4 is 38.6 Å². The van der Waals surface area contributed by atoms with Gasteiger partial charge in [-0.2, -0.15) is 0 Å². The molecule has 0 aliphatic heterocycles. The van der Waals surface area contributed by atoms with Crippen LogP contribution in [0.25, 0.3) is 11.0 Å². The number of halogens is 2. The van der Waals surface area contributed by atoms with E-state index >= 15 is 0 Å². The van der Waals surface area contributed by atoms with Crippen molar-refractivity contribution in [2.45, 2.75) is 26.2 Å². The average Bonchev–Trinajstić information content (AvgIpc) is 2.41. The summed E-state index contributed by atoms with van der Waals surface area (Å²) >= 11 is 9.45. The van der Waals surface area contributed by atoms with Crippen molar-refractivity contribution in [3.8, 4) is 0 Å². The van der Waals surface area contributed by atoms with Gasteiger partial charge in [-0.25, -0.2) is 9.97 Å². The summed E-state index contributed by atoms with van der Waals surface area (Å²) in [5.41, 5.74) is 1.73. The summed E-state index contributed by atoms with van der Waals surface area (Å²) in [6, 6.07) is 0. The molecule has 0 radical (unpaired) electrons. The highest BCUT2D eigenvalue weighted by molar-refractivity contribution is 9.10. The van der Waals surface area contributed by atoms with E-state index in [4.69, 9.17) is 11.6 Å². The molecule has 0 aliphatic rings. The normalized spacial score (nSPS) is 12.3. The van der Waals surface area contributed by atoms with Crippen LogP contribution in [0.1, 0.15) is 26.5 Å². The minimum absolute atomic E-state index is 0.0325. The summed E-state index contributed by atoms with van der Waals surface area (Å²) < 4.78 is 0.838. The van der Waals surface area contributed by atoms with E-state index in [1.165, 1.54) is 0 Å². The van der Waals surface area contributed by atoms with Gasteiger partial charge < -0.3 is 4.98 Å². The topological polar surface area (TPSA) is 41.6 Å². The third-order valence-corrected chi connectivity index (χ3v) is 3.50. The van der Waals surface area contributed by atoms with Crippen LogP contribution in [0.5, 0.6) is 0 Å². The second-order valence-corrected chi connectivity index (χ2v) is 5.62. The Balaban J connectivity index is 2.86. The highest BCUT2D eigenvalue weighted by Gasteiger charge is 2.22. The van der Waals surface area contributed by atoms with Crippen molar-refractivity contribution in [1.82, 2.24) is 15.0 Å². The van der Waals surface area contributed by atoms with E-state index in [0.29, 0.717) is 5.15 Å². The maximum absolute atomic E-state index is 6.00. The van der Waals surface area contributed by atoms with Crippen LogP contribution < -0.4 is 0 Å². The second-order valence-electron chi connectivity index (χ2n) is 4.45. The lowest BCUT2D eigenvalue weighted by Gasteiger charge is -2.18. The maximum Gasteiger partial charge on any atom is 0.143 e. The zero-order valence-electron chi connectivity index (χ0n) is 8.73. The van der Waals surface area contributed by atoms with Crippen molar-refractivity contribution < 1.29 is 0 Å². The molecule has 2 aromatic heterocycles. The molecular weight excluding hydrogens is 277 g/mol. The minimum Gasteiger partial charge on any atom is -0.329 e. The van der Waals surface area contributed by atoms with Gasteiger partial charge in [0.25, 0.3) is 0 Å². The Morgan fingerprint density at radius 2 is 2.00 bits per heavy atom. The Labute approximate surface area is 101 Å². The van der Waals surface area contributed by atoms with Crippen LogP contribution in [0.3, 0.4) is 0 Å². The smallest absolute Gasteiger partial charge is 0.143 e. The molecule has 2 rings (SSSR count). The maximum atomic E-state index is 6.00. The van der Waals surface area contributed by atoms with Crippen molar-refractivity contribution in [1.29, 1.82) is 0 Å². The summed E-state index contributed by atoms with van der Waals surface area (Å²) in [4.78, 5) is 11.5. The molecule has 0 aromatic carbocycles. The minimum atomic E-state index is -0.0325. The van der Waals surface area contributed by atoms with Gasteiger partial charge in [0.15, 0.2) is 0 Å². The molecular formula is C10H11BrClN3. The van der Waals surface area contributed by atoms with Crippen molar-refractivity contribution in [3.05, 3.63) is 21.6 Å². The monoisotopic (exact) mass is 287 g/mol. The van der Waals surface area contributed by atoms with Crippen molar-refractivity contribution in [3.63, 3.8) is 0 Å². The average molecular weight is 289 g/mol. The van der Waals surface area contributed by atoms with Gasteiger partial charge in [-0.15, -0.1) is 0 Å². The Hall–Kier alpha value is -0.610.